The Morgan fingerprint density at radius 2 is 1.82 bits per heavy atom. The van der Waals surface area contributed by atoms with E-state index in [2.05, 4.69) is 9.97 Å². The summed E-state index contributed by atoms with van der Waals surface area (Å²) in [6, 6.07) is 12.7. The zero-order valence-corrected chi connectivity index (χ0v) is 9.01. The lowest BCUT2D eigenvalue weighted by molar-refractivity contribution is 0.475. The van der Waals surface area contributed by atoms with Gasteiger partial charge in [-0.2, -0.15) is 0 Å². The highest BCUT2D eigenvalue weighted by Crippen LogP contribution is 2.25. The van der Waals surface area contributed by atoms with Crippen molar-refractivity contribution in [2.45, 2.75) is 0 Å². The topological polar surface area (TPSA) is 74.9 Å². The van der Waals surface area contributed by atoms with E-state index in [1.54, 1.807) is 18.2 Å². The summed E-state index contributed by atoms with van der Waals surface area (Å²) in [6.45, 7) is 0. The van der Waals surface area contributed by atoms with Crippen molar-refractivity contribution >= 4 is 16.9 Å². The monoisotopic (exact) mass is 225 g/mol. The summed E-state index contributed by atoms with van der Waals surface area (Å²) < 4.78 is 0. The predicted molar refractivity (Wildman–Crippen MR) is 67.6 cm³/mol. The fourth-order valence-corrected chi connectivity index (χ4v) is 1.82. The number of nitrogens with zero attached hydrogens (tertiary/aromatic N) is 1. The number of anilines is 1. The van der Waals surface area contributed by atoms with Crippen LogP contribution in [0.15, 0.2) is 42.5 Å². The number of phenols is 1. The molecule has 4 nitrogen and oxygen atoms in total. The quantitative estimate of drug-likeness (QED) is 0.595. The van der Waals surface area contributed by atoms with Crippen LogP contribution in [0.3, 0.4) is 0 Å². The molecule has 2 aromatic heterocycles. The van der Waals surface area contributed by atoms with Crippen molar-refractivity contribution < 1.29 is 5.11 Å². The Kier molecular flexibility index (Phi) is 2.01. The van der Waals surface area contributed by atoms with Gasteiger partial charge in [0.15, 0.2) is 0 Å². The van der Waals surface area contributed by atoms with E-state index in [0.717, 1.165) is 22.3 Å². The highest BCUT2D eigenvalue weighted by molar-refractivity contribution is 5.84. The number of aromatic amines is 1. The molecule has 17 heavy (non-hydrogen) atoms. The molecular formula is C13H11N3O. The van der Waals surface area contributed by atoms with E-state index in [9.17, 15) is 5.11 Å². The van der Waals surface area contributed by atoms with Crippen molar-refractivity contribution in [3.05, 3.63) is 42.5 Å². The normalized spacial score (nSPS) is 10.8. The van der Waals surface area contributed by atoms with Gasteiger partial charge in [-0.1, -0.05) is 0 Å². The highest BCUT2D eigenvalue weighted by atomic mass is 16.3. The minimum Gasteiger partial charge on any atom is -0.508 e. The van der Waals surface area contributed by atoms with E-state index in [0.29, 0.717) is 5.82 Å². The predicted octanol–water partition coefficient (Wildman–Crippen LogP) is 2.52. The first-order chi connectivity index (χ1) is 8.22. The Morgan fingerprint density at radius 3 is 2.59 bits per heavy atom. The molecule has 0 aliphatic rings. The van der Waals surface area contributed by atoms with Gasteiger partial charge in [0.2, 0.25) is 0 Å². The van der Waals surface area contributed by atoms with Crippen molar-refractivity contribution in [2.75, 3.05) is 5.73 Å². The second-order valence-corrected chi connectivity index (χ2v) is 3.90. The van der Waals surface area contributed by atoms with Crippen molar-refractivity contribution in [3.63, 3.8) is 0 Å². The van der Waals surface area contributed by atoms with Crippen LogP contribution in [-0.4, -0.2) is 15.1 Å². The number of pyridine rings is 1. The summed E-state index contributed by atoms with van der Waals surface area (Å²) in [5, 5.41) is 10.3. The van der Waals surface area contributed by atoms with E-state index in [1.165, 1.54) is 0 Å². The van der Waals surface area contributed by atoms with Crippen molar-refractivity contribution in [2.24, 2.45) is 0 Å². The van der Waals surface area contributed by atoms with Crippen LogP contribution in [0.4, 0.5) is 5.82 Å². The number of hydrogen-bond acceptors (Lipinski definition) is 3. The number of aromatic hydroxyl groups is 1. The Hall–Kier alpha value is -2.49. The van der Waals surface area contributed by atoms with Crippen LogP contribution >= 0.6 is 0 Å². The molecule has 0 unspecified atom stereocenters. The van der Waals surface area contributed by atoms with Gasteiger partial charge in [0.25, 0.3) is 0 Å². The second kappa shape index (κ2) is 3.52. The number of rotatable bonds is 1. The van der Waals surface area contributed by atoms with Crippen molar-refractivity contribution in [1.82, 2.24) is 9.97 Å². The molecule has 3 aromatic rings. The minimum absolute atomic E-state index is 0.257. The third kappa shape index (κ3) is 1.69. The molecular weight excluding hydrogens is 214 g/mol. The molecule has 0 spiro atoms. The number of benzene rings is 1. The first-order valence-corrected chi connectivity index (χ1v) is 5.27. The summed E-state index contributed by atoms with van der Waals surface area (Å²) in [5.41, 5.74) is 8.35. The van der Waals surface area contributed by atoms with Crippen LogP contribution in [0, 0.1) is 0 Å². The van der Waals surface area contributed by atoms with Crippen LogP contribution in [0.2, 0.25) is 0 Å². The zero-order valence-electron chi connectivity index (χ0n) is 9.01. The van der Waals surface area contributed by atoms with Gasteiger partial charge in [0.05, 0.1) is 0 Å². The number of nitrogens with one attached hydrogen (secondary N) is 1. The van der Waals surface area contributed by atoms with Crippen molar-refractivity contribution in [1.29, 1.82) is 0 Å². The molecule has 84 valence electrons. The third-order valence-electron chi connectivity index (χ3n) is 2.68. The van der Waals surface area contributed by atoms with Crippen LogP contribution in [0.5, 0.6) is 5.75 Å². The number of nitrogens with two attached hydrogens (primary N) is 1. The molecule has 0 saturated heterocycles. The van der Waals surface area contributed by atoms with E-state index < -0.39 is 0 Å². The maximum absolute atomic E-state index is 9.24. The standard InChI is InChI=1S/C13H11N3O/c14-12-6-3-9-7-11(15-13(9)16-12)8-1-4-10(17)5-2-8/h1-7,17H,(H3,14,15,16). The number of nitrogen functional groups attached to an aromatic ring is 1. The lowest BCUT2D eigenvalue weighted by Gasteiger charge is -1.97. The van der Waals surface area contributed by atoms with Gasteiger partial charge < -0.3 is 15.8 Å². The van der Waals surface area contributed by atoms with Gasteiger partial charge in [-0.05, 0) is 48.0 Å². The number of hydrogen-bond donors (Lipinski definition) is 3. The Morgan fingerprint density at radius 1 is 1.06 bits per heavy atom. The molecule has 3 rings (SSSR count). The molecule has 0 bridgehead atoms. The third-order valence-corrected chi connectivity index (χ3v) is 2.68. The van der Waals surface area contributed by atoms with Crippen LogP contribution in [-0.2, 0) is 0 Å². The fraction of sp³-hybridized carbons (Fsp3) is 0. The molecule has 0 saturated carbocycles. The SMILES string of the molecule is Nc1ccc2cc(-c3ccc(O)cc3)[nH]c2n1. The molecule has 0 radical (unpaired) electrons. The summed E-state index contributed by atoms with van der Waals surface area (Å²) in [6.07, 6.45) is 0. The Bertz CT molecular complexity index is 671. The van der Waals surface area contributed by atoms with Crippen LogP contribution < -0.4 is 5.73 Å². The molecule has 2 heterocycles. The number of H-pyrrole nitrogens is 1. The van der Waals surface area contributed by atoms with E-state index in [1.807, 2.05) is 24.3 Å². The van der Waals surface area contributed by atoms with Crippen molar-refractivity contribution in [3.8, 4) is 17.0 Å². The van der Waals surface area contributed by atoms with Gasteiger partial charge in [-0.25, -0.2) is 4.98 Å². The Labute approximate surface area is 97.7 Å². The fourth-order valence-electron chi connectivity index (χ4n) is 1.82. The molecule has 0 atom stereocenters. The maximum atomic E-state index is 9.24. The van der Waals surface area contributed by atoms with Gasteiger partial charge in [-0.3, -0.25) is 0 Å². The molecule has 4 heteroatoms. The van der Waals surface area contributed by atoms with Gasteiger partial charge in [-0.15, -0.1) is 0 Å². The van der Waals surface area contributed by atoms with E-state index >= 15 is 0 Å². The first-order valence-electron chi connectivity index (χ1n) is 5.27. The largest absolute Gasteiger partial charge is 0.508 e. The molecule has 0 aliphatic heterocycles. The average Bonchev–Trinajstić information content (AvgIpc) is 2.72. The number of aromatic nitrogens is 2. The first kappa shape index (κ1) is 9.72. The maximum Gasteiger partial charge on any atom is 0.140 e. The summed E-state index contributed by atoms with van der Waals surface area (Å²) in [5.74, 6) is 0.754. The minimum atomic E-state index is 0.257. The smallest absolute Gasteiger partial charge is 0.140 e. The van der Waals surface area contributed by atoms with E-state index in [4.69, 9.17) is 5.73 Å². The molecule has 0 fully saturated rings. The summed E-state index contributed by atoms with van der Waals surface area (Å²) in [7, 11) is 0. The Balaban J connectivity index is 2.14. The second-order valence-electron chi connectivity index (χ2n) is 3.90. The van der Waals surface area contributed by atoms with Crippen LogP contribution in [0.25, 0.3) is 22.3 Å². The summed E-state index contributed by atoms with van der Waals surface area (Å²) in [4.78, 5) is 7.41. The highest BCUT2D eigenvalue weighted by Gasteiger charge is 2.04. The zero-order chi connectivity index (χ0) is 11.8. The number of fused-ring (bicyclic) bond motifs is 1. The van der Waals surface area contributed by atoms with Crippen LogP contribution in [0.1, 0.15) is 0 Å². The molecule has 0 aliphatic carbocycles. The molecule has 0 amide bonds. The van der Waals surface area contributed by atoms with Gasteiger partial charge in [0.1, 0.15) is 17.2 Å². The molecule has 4 N–H and O–H groups in total. The van der Waals surface area contributed by atoms with Gasteiger partial charge in [0, 0.05) is 11.1 Å². The lowest BCUT2D eigenvalue weighted by atomic mass is 10.1. The van der Waals surface area contributed by atoms with E-state index in [-0.39, 0.29) is 5.75 Å². The average molecular weight is 225 g/mol. The number of phenolic OH excluding ortho intramolecular Hbond substituents is 1. The lowest BCUT2D eigenvalue weighted by Crippen LogP contribution is -1.88. The summed E-state index contributed by atoms with van der Waals surface area (Å²) >= 11 is 0. The molecule has 1 aromatic carbocycles. The van der Waals surface area contributed by atoms with Gasteiger partial charge >= 0.3 is 0 Å².